The third-order valence-electron chi connectivity index (χ3n) is 3.12. The molecule has 1 aromatic rings. The van der Waals surface area contributed by atoms with Crippen LogP contribution in [-0.4, -0.2) is 30.9 Å². The van der Waals surface area contributed by atoms with Crippen molar-refractivity contribution in [2.24, 2.45) is 5.73 Å². The van der Waals surface area contributed by atoms with Crippen LogP contribution in [0, 0.1) is 0 Å². The van der Waals surface area contributed by atoms with Gasteiger partial charge in [0.15, 0.2) is 5.78 Å². The van der Waals surface area contributed by atoms with Crippen LogP contribution in [0.3, 0.4) is 0 Å². The molecule has 2 rings (SSSR count). The van der Waals surface area contributed by atoms with E-state index in [4.69, 9.17) is 10.5 Å². The van der Waals surface area contributed by atoms with Gasteiger partial charge in [-0.25, -0.2) is 0 Å². The van der Waals surface area contributed by atoms with Crippen molar-refractivity contribution in [3.63, 3.8) is 0 Å². The number of nitrogens with two attached hydrogens (primary N) is 1. The second-order valence-electron chi connectivity index (χ2n) is 4.58. The van der Waals surface area contributed by atoms with Crippen molar-refractivity contribution < 1.29 is 14.3 Å². The second-order valence-corrected chi connectivity index (χ2v) is 4.58. The maximum absolute atomic E-state index is 11.9. The Kier molecular flexibility index (Phi) is 3.85. The van der Waals surface area contributed by atoms with E-state index in [-0.39, 0.29) is 11.7 Å². The minimum absolute atomic E-state index is 0.0231. The molecule has 1 aliphatic heterocycles. The van der Waals surface area contributed by atoms with Gasteiger partial charge in [0.05, 0.1) is 18.3 Å². The number of Topliss-reactive ketones (excluding diaryl/α,β-unsaturated/α-hetero) is 1. The molecule has 2 N–H and O–H groups in total. The minimum Gasteiger partial charge on any atom is -0.490 e. The molecule has 0 saturated carbocycles. The van der Waals surface area contributed by atoms with Crippen molar-refractivity contribution in [2.45, 2.75) is 26.3 Å². The van der Waals surface area contributed by atoms with Gasteiger partial charge in [-0.3, -0.25) is 9.59 Å². The third-order valence-corrected chi connectivity index (χ3v) is 3.12. The van der Waals surface area contributed by atoms with Crippen LogP contribution in [0.5, 0.6) is 5.75 Å². The fourth-order valence-electron chi connectivity index (χ4n) is 2.08. The van der Waals surface area contributed by atoms with Crippen LogP contribution in [0.2, 0.25) is 0 Å². The SMILES string of the molecule is CCC(=O)N1CCOc2ccc(C(=O)C(C)N)cc21. The van der Waals surface area contributed by atoms with E-state index in [1.54, 1.807) is 30.0 Å². The number of rotatable bonds is 3. The summed E-state index contributed by atoms with van der Waals surface area (Å²) in [4.78, 5) is 25.5. The smallest absolute Gasteiger partial charge is 0.226 e. The van der Waals surface area contributed by atoms with E-state index in [1.807, 2.05) is 6.92 Å². The zero-order valence-corrected chi connectivity index (χ0v) is 11.2. The summed E-state index contributed by atoms with van der Waals surface area (Å²) in [6.07, 6.45) is 0.422. The Bertz CT molecular complexity index is 511. The first-order valence-corrected chi connectivity index (χ1v) is 6.41. The number of benzene rings is 1. The molecule has 5 nitrogen and oxygen atoms in total. The number of carbonyl (C=O) groups is 2. The van der Waals surface area contributed by atoms with E-state index in [0.717, 1.165) is 0 Å². The molecule has 1 amide bonds. The lowest BCUT2D eigenvalue weighted by Crippen LogP contribution is -2.37. The molecule has 1 aromatic carbocycles. The van der Waals surface area contributed by atoms with Crippen molar-refractivity contribution in [3.8, 4) is 5.75 Å². The van der Waals surface area contributed by atoms with E-state index in [0.29, 0.717) is 36.6 Å². The number of fused-ring (bicyclic) bond motifs is 1. The van der Waals surface area contributed by atoms with E-state index >= 15 is 0 Å². The molecule has 1 heterocycles. The molecule has 5 heteroatoms. The molecule has 0 bridgehead atoms. The summed E-state index contributed by atoms with van der Waals surface area (Å²) in [6, 6.07) is 4.54. The number of carbonyl (C=O) groups excluding carboxylic acids is 2. The van der Waals surface area contributed by atoms with Crippen LogP contribution in [0.15, 0.2) is 18.2 Å². The highest BCUT2D eigenvalue weighted by Gasteiger charge is 2.24. The highest BCUT2D eigenvalue weighted by molar-refractivity contribution is 6.02. The molecule has 1 unspecified atom stereocenters. The number of ketones is 1. The summed E-state index contributed by atoms with van der Waals surface area (Å²) < 4.78 is 5.51. The van der Waals surface area contributed by atoms with Crippen LogP contribution in [0.4, 0.5) is 5.69 Å². The van der Waals surface area contributed by atoms with Gasteiger partial charge < -0.3 is 15.4 Å². The molecular weight excluding hydrogens is 244 g/mol. The number of hydrogen-bond acceptors (Lipinski definition) is 4. The van der Waals surface area contributed by atoms with Crippen LogP contribution >= 0.6 is 0 Å². The van der Waals surface area contributed by atoms with E-state index in [1.165, 1.54) is 0 Å². The minimum atomic E-state index is -0.558. The molecule has 1 atom stereocenters. The molecule has 0 fully saturated rings. The lowest BCUT2D eigenvalue weighted by Gasteiger charge is -2.29. The van der Waals surface area contributed by atoms with Crippen molar-refractivity contribution in [3.05, 3.63) is 23.8 Å². The van der Waals surface area contributed by atoms with Crippen LogP contribution in [0.1, 0.15) is 30.6 Å². The summed E-state index contributed by atoms with van der Waals surface area (Å²) in [5.74, 6) is 0.515. The zero-order chi connectivity index (χ0) is 14.0. The molecule has 0 spiro atoms. The number of hydrogen-bond donors (Lipinski definition) is 1. The molecule has 0 aromatic heterocycles. The Morgan fingerprint density at radius 3 is 2.84 bits per heavy atom. The quantitative estimate of drug-likeness (QED) is 0.835. The van der Waals surface area contributed by atoms with Gasteiger partial charge in [-0.15, -0.1) is 0 Å². The monoisotopic (exact) mass is 262 g/mol. The predicted molar refractivity (Wildman–Crippen MR) is 72.6 cm³/mol. The molecule has 0 saturated heterocycles. The fourth-order valence-corrected chi connectivity index (χ4v) is 2.08. The average molecular weight is 262 g/mol. The fraction of sp³-hybridized carbons (Fsp3) is 0.429. The highest BCUT2D eigenvalue weighted by atomic mass is 16.5. The van der Waals surface area contributed by atoms with Crippen molar-refractivity contribution in [1.82, 2.24) is 0 Å². The Hall–Kier alpha value is -1.88. The first kappa shape index (κ1) is 13.5. The maximum atomic E-state index is 11.9. The summed E-state index contributed by atoms with van der Waals surface area (Å²) >= 11 is 0. The Morgan fingerprint density at radius 2 is 2.21 bits per heavy atom. The number of amides is 1. The van der Waals surface area contributed by atoms with Gasteiger partial charge >= 0.3 is 0 Å². The van der Waals surface area contributed by atoms with Crippen molar-refractivity contribution >= 4 is 17.4 Å². The normalized spacial score (nSPS) is 15.4. The standard InChI is InChI=1S/C14H18N2O3/c1-3-13(17)16-6-7-19-12-5-4-10(8-11(12)16)14(18)9(2)15/h4-5,8-9H,3,6-7,15H2,1-2H3. The summed E-state index contributed by atoms with van der Waals surface area (Å²) in [5.41, 5.74) is 6.77. The third kappa shape index (κ3) is 2.61. The molecule has 19 heavy (non-hydrogen) atoms. The van der Waals surface area contributed by atoms with Crippen LogP contribution in [-0.2, 0) is 4.79 Å². The summed E-state index contributed by atoms with van der Waals surface area (Å²) in [7, 11) is 0. The van der Waals surface area contributed by atoms with Gasteiger partial charge in [-0.2, -0.15) is 0 Å². The number of nitrogens with zero attached hydrogens (tertiary/aromatic N) is 1. The summed E-state index contributed by atoms with van der Waals surface area (Å²) in [6.45, 7) is 4.44. The molecule has 102 valence electrons. The van der Waals surface area contributed by atoms with Gasteiger partial charge in [0, 0.05) is 12.0 Å². The van der Waals surface area contributed by atoms with E-state index in [2.05, 4.69) is 0 Å². The second kappa shape index (κ2) is 5.40. The van der Waals surface area contributed by atoms with Gasteiger partial charge in [0.2, 0.25) is 5.91 Å². The molecule has 0 aliphatic carbocycles. The molecule has 0 radical (unpaired) electrons. The Balaban J connectivity index is 2.41. The number of ether oxygens (including phenoxy) is 1. The van der Waals surface area contributed by atoms with Gasteiger partial charge in [0.25, 0.3) is 0 Å². The lowest BCUT2D eigenvalue weighted by molar-refractivity contribution is -0.118. The number of anilines is 1. The highest BCUT2D eigenvalue weighted by Crippen LogP contribution is 2.33. The summed E-state index contributed by atoms with van der Waals surface area (Å²) in [5, 5.41) is 0. The Labute approximate surface area is 112 Å². The largest absolute Gasteiger partial charge is 0.490 e. The Morgan fingerprint density at radius 1 is 1.47 bits per heavy atom. The first-order valence-electron chi connectivity index (χ1n) is 6.41. The van der Waals surface area contributed by atoms with Gasteiger partial charge in [0.1, 0.15) is 12.4 Å². The van der Waals surface area contributed by atoms with Crippen molar-refractivity contribution in [2.75, 3.05) is 18.1 Å². The lowest BCUT2D eigenvalue weighted by atomic mass is 10.0. The average Bonchev–Trinajstić information content (AvgIpc) is 2.44. The van der Waals surface area contributed by atoms with Gasteiger partial charge in [-0.05, 0) is 25.1 Å². The van der Waals surface area contributed by atoms with Crippen molar-refractivity contribution in [1.29, 1.82) is 0 Å². The topological polar surface area (TPSA) is 72.6 Å². The van der Waals surface area contributed by atoms with Crippen LogP contribution < -0.4 is 15.4 Å². The molecule has 1 aliphatic rings. The zero-order valence-electron chi connectivity index (χ0n) is 11.2. The van der Waals surface area contributed by atoms with Crippen LogP contribution in [0.25, 0.3) is 0 Å². The van der Waals surface area contributed by atoms with E-state index in [9.17, 15) is 9.59 Å². The maximum Gasteiger partial charge on any atom is 0.226 e. The molecular formula is C14H18N2O3. The van der Waals surface area contributed by atoms with Gasteiger partial charge in [-0.1, -0.05) is 6.92 Å². The predicted octanol–water partition coefficient (Wildman–Crippen LogP) is 1.35. The first-order chi connectivity index (χ1) is 9.04. The van der Waals surface area contributed by atoms with E-state index < -0.39 is 6.04 Å².